The first kappa shape index (κ1) is 14.9. The number of hydrogen-bond donors (Lipinski definition) is 3. The van der Waals surface area contributed by atoms with Crippen molar-refractivity contribution >= 4 is 21.4 Å². The van der Waals surface area contributed by atoms with Crippen LogP contribution in [0.1, 0.15) is 5.69 Å². The Bertz CT molecular complexity index is 742. The van der Waals surface area contributed by atoms with Gasteiger partial charge in [-0.25, -0.2) is 18.1 Å². The summed E-state index contributed by atoms with van der Waals surface area (Å²) in [5.74, 6) is 0. The topological polar surface area (TPSA) is 130 Å². The summed E-state index contributed by atoms with van der Waals surface area (Å²) in [6, 6.07) is 3.55. The maximum atomic E-state index is 12.1. The molecule has 0 saturated carbocycles. The number of aromatic nitrogens is 2. The lowest BCUT2D eigenvalue weighted by molar-refractivity contribution is -0.384. The molecule has 0 radical (unpaired) electrons. The zero-order valence-corrected chi connectivity index (χ0v) is 11.8. The number of anilines is 1. The van der Waals surface area contributed by atoms with Crippen LogP contribution in [-0.2, 0) is 16.6 Å². The van der Waals surface area contributed by atoms with E-state index in [1.807, 2.05) is 0 Å². The SMILES string of the molecule is CNc1cc(S(=O)(=O)NCc2cnc[nH]2)ccc1[N+](=O)[O-]. The molecule has 0 saturated heterocycles. The number of nitrogens with one attached hydrogen (secondary N) is 3. The smallest absolute Gasteiger partial charge is 0.292 e. The second kappa shape index (κ2) is 5.89. The van der Waals surface area contributed by atoms with Gasteiger partial charge in [0, 0.05) is 25.0 Å². The normalized spacial score (nSPS) is 11.3. The summed E-state index contributed by atoms with van der Waals surface area (Å²) in [5, 5.41) is 13.4. The lowest BCUT2D eigenvalue weighted by atomic mass is 10.3. The molecule has 0 aliphatic heterocycles. The van der Waals surface area contributed by atoms with Crippen molar-refractivity contribution in [3.8, 4) is 0 Å². The third-order valence-corrected chi connectivity index (χ3v) is 4.15. The first-order valence-electron chi connectivity index (χ1n) is 5.87. The molecule has 9 nitrogen and oxygen atoms in total. The van der Waals surface area contributed by atoms with E-state index < -0.39 is 14.9 Å². The highest BCUT2D eigenvalue weighted by molar-refractivity contribution is 7.89. The highest BCUT2D eigenvalue weighted by atomic mass is 32.2. The Balaban J connectivity index is 2.25. The average Bonchev–Trinajstić information content (AvgIpc) is 2.97. The van der Waals surface area contributed by atoms with E-state index in [4.69, 9.17) is 0 Å². The second-order valence-electron chi connectivity index (χ2n) is 4.09. The van der Waals surface area contributed by atoms with Crippen LogP contribution >= 0.6 is 0 Å². The number of aromatic amines is 1. The Hall–Kier alpha value is -2.46. The first-order valence-corrected chi connectivity index (χ1v) is 7.35. The fourth-order valence-corrected chi connectivity index (χ4v) is 2.71. The van der Waals surface area contributed by atoms with Gasteiger partial charge in [0.25, 0.3) is 5.69 Å². The van der Waals surface area contributed by atoms with E-state index in [9.17, 15) is 18.5 Å². The Labute approximate surface area is 120 Å². The van der Waals surface area contributed by atoms with Gasteiger partial charge in [-0.3, -0.25) is 10.1 Å². The number of imidazole rings is 1. The second-order valence-corrected chi connectivity index (χ2v) is 5.85. The number of nitrogens with zero attached hydrogens (tertiary/aromatic N) is 2. The monoisotopic (exact) mass is 311 g/mol. The van der Waals surface area contributed by atoms with Crippen LogP contribution in [0.4, 0.5) is 11.4 Å². The van der Waals surface area contributed by atoms with Crippen molar-refractivity contribution in [2.24, 2.45) is 0 Å². The van der Waals surface area contributed by atoms with Gasteiger partial charge in [-0.15, -0.1) is 0 Å². The quantitative estimate of drug-likeness (QED) is 0.535. The molecule has 0 spiro atoms. The van der Waals surface area contributed by atoms with Gasteiger partial charge in [-0.2, -0.15) is 0 Å². The molecule has 21 heavy (non-hydrogen) atoms. The zero-order chi connectivity index (χ0) is 15.5. The van der Waals surface area contributed by atoms with E-state index in [2.05, 4.69) is 20.0 Å². The van der Waals surface area contributed by atoms with Crippen LogP contribution in [0.25, 0.3) is 0 Å². The van der Waals surface area contributed by atoms with E-state index >= 15 is 0 Å². The Kier molecular flexibility index (Phi) is 4.19. The summed E-state index contributed by atoms with van der Waals surface area (Å²) < 4.78 is 26.6. The average molecular weight is 311 g/mol. The predicted molar refractivity (Wildman–Crippen MR) is 75.3 cm³/mol. The lowest BCUT2D eigenvalue weighted by Gasteiger charge is -2.08. The minimum absolute atomic E-state index is 0.0498. The predicted octanol–water partition coefficient (Wildman–Crippen LogP) is 0.838. The summed E-state index contributed by atoms with van der Waals surface area (Å²) in [6.45, 7) is 0.0498. The van der Waals surface area contributed by atoms with Crippen LogP contribution in [0.2, 0.25) is 0 Å². The fourth-order valence-electron chi connectivity index (χ4n) is 1.68. The van der Waals surface area contributed by atoms with Crippen LogP contribution in [0, 0.1) is 10.1 Å². The Morgan fingerprint density at radius 2 is 2.19 bits per heavy atom. The zero-order valence-electron chi connectivity index (χ0n) is 11.0. The molecule has 2 aromatic rings. The molecule has 0 unspecified atom stereocenters. The highest BCUT2D eigenvalue weighted by Crippen LogP contribution is 2.26. The number of rotatable bonds is 6. The van der Waals surface area contributed by atoms with Gasteiger partial charge in [0.1, 0.15) is 5.69 Å². The maximum Gasteiger partial charge on any atom is 0.292 e. The lowest BCUT2D eigenvalue weighted by Crippen LogP contribution is -2.23. The third-order valence-electron chi connectivity index (χ3n) is 2.75. The molecule has 0 aliphatic carbocycles. The third kappa shape index (κ3) is 3.35. The van der Waals surface area contributed by atoms with Gasteiger partial charge in [-0.1, -0.05) is 0 Å². The molecule has 2 rings (SSSR count). The molecule has 0 aliphatic rings. The van der Waals surface area contributed by atoms with Crippen LogP contribution in [0.5, 0.6) is 0 Å². The number of H-pyrrole nitrogens is 1. The van der Waals surface area contributed by atoms with Gasteiger partial charge in [0.15, 0.2) is 0 Å². The molecule has 10 heteroatoms. The number of sulfonamides is 1. The number of nitro groups is 1. The Morgan fingerprint density at radius 1 is 1.43 bits per heavy atom. The maximum absolute atomic E-state index is 12.1. The summed E-state index contributed by atoms with van der Waals surface area (Å²) in [4.78, 5) is 16.7. The van der Waals surface area contributed by atoms with Crippen molar-refractivity contribution in [2.45, 2.75) is 11.4 Å². The summed E-state index contributed by atoms with van der Waals surface area (Å²) in [6.07, 6.45) is 2.94. The number of hydrogen-bond acceptors (Lipinski definition) is 6. The minimum Gasteiger partial charge on any atom is -0.383 e. The van der Waals surface area contributed by atoms with Crippen molar-refractivity contribution in [1.82, 2.24) is 14.7 Å². The molecule has 0 fully saturated rings. The summed E-state index contributed by atoms with van der Waals surface area (Å²) in [7, 11) is -2.29. The highest BCUT2D eigenvalue weighted by Gasteiger charge is 2.19. The standard InChI is InChI=1S/C11H13N5O4S/c1-12-10-4-9(2-3-11(10)16(17)18)21(19,20)15-6-8-5-13-7-14-8/h2-5,7,12,15H,6H2,1H3,(H,13,14). The van der Waals surface area contributed by atoms with Crippen molar-refractivity contribution in [1.29, 1.82) is 0 Å². The van der Waals surface area contributed by atoms with Crippen LogP contribution in [-0.4, -0.2) is 30.4 Å². The van der Waals surface area contributed by atoms with Crippen molar-refractivity contribution in [3.05, 3.63) is 46.5 Å². The van der Waals surface area contributed by atoms with E-state index in [1.165, 1.54) is 31.7 Å². The summed E-state index contributed by atoms with van der Waals surface area (Å²) >= 11 is 0. The van der Waals surface area contributed by atoms with Gasteiger partial charge in [0.2, 0.25) is 10.0 Å². The largest absolute Gasteiger partial charge is 0.383 e. The number of benzene rings is 1. The van der Waals surface area contributed by atoms with E-state index in [1.54, 1.807) is 0 Å². The van der Waals surface area contributed by atoms with Crippen molar-refractivity contribution in [2.75, 3.05) is 12.4 Å². The van der Waals surface area contributed by atoms with Crippen LogP contribution < -0.4 is 10.0 Å². The van der Waals surface area contributed by atoms with Crippen LogP contribution in [0.3, 0.4) is 0 Å². The molecule has 0 atom stereocenters. The molecule has 0 bridgehead atoms. The van der Waals surface area contributed by atoms with E-state index in [0.29, 0.717) is 5.69 Å². The Morgan fingerprint density at radius 3 is 2.76 bits per heavy atom. The first-order chi connectivity index (χ1) is 9.94. The van der Waals surface area contributed by atoms with Gasteiger partial charge >= 0.3 is 0 Å². The fraction of sp³-hybridized carbons (Fsp3) is 0.182. The molecule has 1 heterocycles. The van der Waals surface area contributed by atoms with Crippen molar-refractivity contribution in [3.63, 3.8) is 0 Å². The molecule has 3 N–H and O–H groups in total. The molecular weight excluding hydrogens is 298 g/mol. The molecule has 1 aromatic carbocycles. The summed E-state index contributed by atoms with van der Waals surface area (Å²) in [5.41, 5.74) is 0.545. The molecular formula is C11H13N5O4S. The number of nitro benzene ring substituents is 1. The molecule has 112 valence electrons. The van der Waals surface area contributed by atoms with Crippen molar-refractivity contribution < 1.29 is 13.3 Å². The van der Waals surface area contributed by atoms with E-state index in [0.717, 1.165) is 6.07 Å². The van der Waals surface area contributed by atoms with Gasteiger partial charge in [0.05, 0.1) is 22.7 Å². The molecule has 0 amide bonds. The van der Waals surface area contributed by atoms with Gasteiger partial charge in [-0.05, 0) is 12.1 Å². The molecule has 1 aromatic heterocycles. The van der Waals surface area contributed by atoms with E-state index in [-0.39, 0.29) is 22.8 Å². The minimum atomic E-state index is -3.77. The van der Waals surface area contributed by atoms with Gasteiger partial charge < -0.3 is 10.3 Å². The van der Waals surface area contributed by atoms with Crippen LogP contribution in [0.15, 0.2) is 35.6 Å².